The lowest BCUT2D eigenvalue weighted by Gasteiger charge is -2.46. The highest BCUT2D eigenvalue weighted by Crippen LogP contribution is 2.47. The van der Waals surface area contributed by atoms with Crippen molar-refractivity contribution in [1.82, 2.24) is 4.72 Å². The number of carbonyl (C=O) groups is 1. The predicted octanol–water partition coefficient (Wildman–Crippen LogP) is 4.91. The number of benzene rings is 2. The van der Waals surface area contributed by atoms with Crippen molar-refractivity contribution in [3.63, 3.8) is 0 Å². The van der Waals surface area contributed by atoms with Gasteiger partial charge in [0.25, 0.3) is 5.91 Å². The Morgan fingerprint density at radius 2 is 2.00 bits per heavy atom. The van der Waals surface area contributed by atoms with Crippen LogP contribution in [0.2, 0.25) is 5.02 Å². The van der Waals surface area contributed by atoms with E-state index in [2.05, 4.69) is 27.8 Å². The van der Waals surface area contributed by atoms with Crippen molar-refractivity contribution >= 4 is 33.2 Å². The Morgan fingerprint density at radius 1 is 1.11 bits per heavy atom. The van der Waals surface area contributed by atoms with Crippen LogP contribution in [0, 0.1) is 17.8 Å². The molecule has 1 N–H and O–H groups in total. The number of anilines is 1. The molecule has 0 aromatic heterocycles. The van der Waals surface area contributed by atoms with Crippen LogP contribution < -0.4 is 14.4 Å². The minimum absolute atomic E-state index is 0.0557. The quantitative estimate of drug-likeness (QED) is 0.362. The van der Waals surface area contributed by atoms with Crippen molar-refractivity contribution in [3.05, 3.63) is 70.3 Å². The van der Waals surface area contributed by atoms with Crippen molar-refractivity contribution in [1.29, 1.82) is 0 Å². The predicted molar refractivity (Wildman–Crippen MR) is 176 cm³/mol. The fourth-order valence-electron chi connectivity index (χ4n) is 8.17. The Kier molecular flexibility index (Phi) is 9.10. The van der Waals surface area contributed by atoms with Crippen LogP contribution in [0.15, 0.2) is 48.6 Å². The summed E-state index contributed by atoms with van der Waals surface area (Å²) in [6.45, 7) is 3.36. The fraction of sp³-hybridized carbons (Fsp3) is 0.571. The summed E-state index contributed by atoms with van der Waals surface area (Å²) in [7, 11) is -2.32. The Morgan fingerprint density at radius 3 is 2.83 bits per heavy atom. The third-order valence-electron chi connectivity index (χ3n) is 10.8. The van der Waals surface area contributed by atoms with Crippen molar-refractivity contribution in [3.8, 4) is 5.75 Å². The molecule has 1 amide bonds. The lowest BCUT2D eigenvalue weighted by molar-refractivity contribution is -0.0310. The monoisotopic (exact) mass is 670 g/mol. The van der Waals surface area contributed by atoms with Gasteiger partial charge in [0.15, 0.2) is 0 Å². The summed E-state index contributed by atoms with van der Waals surface area (Å²) >= 11 is 6.43. The van der Waals surface area contributed by atoms with Gasteiger partial charge in [-0.25, -0.2) is 13.1 Å². The second-order valence-corrected chi connectivity index (χ2v) is 15.9. The molecule has 0 unspecified atom stereocenters. The van der Waals surface area contributed by atoms with Gasteiger partial charge in [0.1, 0.15) is 11.0 Å². The van der Waals surface area contributed by atoms with Gasteiger partial charge in [-0.2, -0.15) is 0 Å². The van der Waals surface area contributed by atoms with Crippen LogP contribution in [0.3, 0.4) is 0 Å². The van der Waals surface area contributed by atoms with Crippen molar-refractivity contribution in [2.24, 2.45) is 17.8 Å². The first-order valence-corrected chi connectivity index (χ1v) is 18.4. The number of nitrogens with one attached hydrogen (secondary N) is 1. The molecule has 11 heteroatoms. The van der Waals surface area contributed by atoms with E-state index in [4.69, 9.17) is 30.5 Å². The Balaban J connectivity index is 1.29. The average molecular weight is 671 g/mol. The number of ether oxygens (including phenoxy) is 4. The maximum atomic E-state index is 13.5. The number of amides is 1. The highest BCUT2D eigenvalue weighted by atomic mass is 35.5. The van der Waals surface area contributed by atoms with Gasteiger partial charge in [-0.15, -0.1) is 0 Å². The Labute approximate surface area is 276 Å². The highest BCUT2D eigenvalue weighted by Gasteiger charge is 2.45. The van der Waals surface area contributed by atoms with Gasteiger partial charge in [-0.1, -0.05) is 29.8 Å². The summed E-state index contributed by atoms with van der Waals surface area (Å²) in [4.78, 5) is 15.9. The van der Waals surface area contributed by atoms with E-state index in [-0.39, 0.29) is 29.6 Å². The number of hydrogen-bond acceptors (Lipinski definition) is 8. The van der Waals surface area contributed by atoms with E-state index in [1.165, 1.54) is 11.1 Å². The molecule has 2 bridgehead atoms. The molecular weight excluding hydrogens is 628 g/mol. The summed E-state index contributed by atoms with van der Waals surface area (Å²) in [6, 6.07) is 11.5. The molecular formula is C35H43ClN2O7S. The number of sulfonamides is 1. The molecule has 46 heavy (non-hydrogen) atoms. The maximum Gasteiger partial charge on any atom is 0.264 e. The molecule has 2 aromatic rings. The molecule has 6 atom stereocenters. The van der Waals surface area contributed by atoms with E-state index in [0.29, 0.717) is 57.0 Å². The lowest BCUT2D eigenvalue weighted by Crippen LogP contribution is -2.49. The summed E-state index contributed by atoms with van der Waals surface area (Å²) in [6.07, 6.45) is 9.67. The third kappa shape index (κ3) is 6.19. The van der Waals surface area contributed by atoms with E-state index in [1.807, 2.05) is 18.2 Å². The van der Waals surface area contributed by atoms with Gasteiger partial charge in [-0.05, 0) is 91.8 Å². The number of fused-ring (bicyclic) bond motifs is 5. The zero-order valence-electron chi connectivity index (χ0n) is 26.3. The maximum absolute atomic E-state index is 13.5. The standard InChI is InChI=1S/C35H43ClN2O7S/c1-42-14-15-44-31-6-2-4-26-19-43-20-33(26)46(40,41)37-34(39)24-8-12-32-30(17-24)38(18-25-7-10-28(25)31)21-35(22-45-32)13-3-5-23-16-27(36)9-11-29(23)35/h2,6,8-9,11-12,16-17,25-26,28,31,33H,3-5,7,10,13-15,18-22H2,1H3,(H,37,39)/b6-2+/t25-,26-,28+,31-,33-,35-/m0/s1. The van der Waals surface area contributed by atoms with Crippen LogP contribution in [-0.4, -0.2) is 78.9 Å². The summed E-state index contributed by atoms with van der Waals surface area (Å²) < 4.78 is 53.3. The zero-order chi connectivity index (χ0) is 31.9. The SMILES string of the molecule is COCCO[C@H]1/C=C/C[C@H]2COC[C@@H]2S(=O)(=O)NC(=O)c2ccc3c(c2)N(C[C@@H]2CC[C@H]21)C[C@@]1(CCCc2cc(Cl)ccc21)CO3. The van der Waals surface area contributed by atoms with Crippen LogP contribution >= 0.6 is 11.6 Å². The molecule has 2 aliphatic carbocycles. The first kappa shape index (κ1) is 31.9. The zero-order valence-corrected chi connectivity index (χ0v) is 27.9. The second-order valence-electron chi connectivity index (χ2n) is 13.6. The van der Waals surface area contributed by atoms with Crippen LogP contribution in [0.4, 0.5) is 5.69 Å². The lowest BCUT2D eigenvalue weighted by atomic mass is 9.68. The number of nitrogens with zero attached hydrogens (tertiary/aromatic N) is 1. The minimum atomic E-state index is -3.99. The molecule has 2 fully saturated rings. The summed E-state index contributed by atoms with van der Waals surface area (Å²) in [5, 5.41) is -0.0803. The number of hydrogen-bond donors (Lipinski definition) is 1. The van der Waals surface area contributed by atoms with Crippen molar-refractivity contribution in [2.75, 3.05) is 58.1 Å². The van der Waals surface area contributed by atoms with E-state index < -0.39 is 21.2 Å². The number of allylic oxidation sites excluding steroid dienone is 1. The molecule has 9 nitrogen and oxygen atoms in total. The molecule has 1 spiro atoms. The van der Waals surface area contributed by atoms with Crippen LogP contribution in [-0.2, 0) is 36.1 Å². The van der Waals surface area contributed by atoms with Crippen LogP contribution in [0.5, 0.6) is 5.75 Å². The van der Waals surface area contributed by atoms with E-state index in [1.54, 1.807) is 19.2 Å². The second kappa shape index (κ2) is 13.1. The van der Waals surface area contributed by atoms with Gasteiger partial charge in [0.2, 0.25) is 10.0 Å². The Bertz CT molecular complexity index is 1600. The highest BCUT2D eigenvalue weighted by molar-refractivity contribution is 7.90. The number of methoxy groups -OCH3 is 1. The smallest absolute Gasteiger partial charge is 0.264 e. The topological polar surface area (TPSA) is 103 Å². The van der Waals surface area contributed by atoms with Gasteiger partial charge >= 0.3 is 0 Å². The molecule has 7 rings (SSSR count). The first-order valence-electron chi connectivity index (χ1n) is 16.5. The third-order valence-corrected chi connectivity index (χ3v) is 12.8. The van der Waals surface area contributed by atoms with E-state index in [9.17, 15) is 13.2 Å². The van der Waals surface area contributed by atoms with Crippen molar-refractivity contribution in [2.45, 2.75) is 55.3 Å². The van der Waals surface area contributed by atoms with Crippen LogP contribution in [0.25, 0.3) is 0 Å². The molecule has 248 valence electrons. The molecule has 2 aromatic carbocycles. The summed E-state index contributed by atoms with van der Waals surface area (Å²) in [5.74, 6) is 0.466. The molecule has 3 aliphatic heterocycles. The van der Waals surface area contributed by atoms with Crippen LogP contribution in [0.1, 0.15) is 53.6 Å². The van der Waals surface area contributed by atoms with E-state index in [0.717, 1.165) is 49.4 Å². The average Bonchev–Trinajstić information content (AvgIpc) is 3.45. The van der Waals surface area contributed by atoms with Gasteiger partial charge in [0.05, 0.1) is 44.8 Å². The van der Waals surface area contributed by atoms with Gasteiger partial charge < -0.3 is 23.8 Å². The minimum Gasteiger partial charge on any atom is -0.490 e. The Hall–Kier alpha value is -2.63. The fourth-order valence-corrected chi connectivity index (χ4v) is 9.87. The number of carbonyl (C=O) groups excluding carboxylic acids is 1. The molecule has 1 saturated heterocycles. The van der Waals surface area contributed by atoms with Gasteiger partial charge in [0, 0.05) is 42.1 Å². The molecule has 0 radical (unpaired) electrons. The molecule has 1 saturated carbocycles. The largest absolute Gasteiger partial charge is 0.490 e. The molecule has 3 heterocycles. The number of halogens is 1. The first-order chi connectivity index (χ1) is 22.3. The summed E-state index contributed by atoms with van der Waals surface area (Å²) in [5.41, 5.74) is 3.38. The number of aryl methyl sites for hydroxylation is 1. The van der Waals surface area contributed by atoms with Crippen molar-refractivity contribution < 1.29 is 32.2 Å². The molecule has 5 aliphatic rings. The normalized spacial score (nSPS) is 32.6. The number of rotatable bonds is 4. The van der Waals surface area contributed by atoms with E-state index >= 15 is 0 Å². The van der Waals surface area contributed by atoms with Gasteiger partial charge in [-0.3, -0.25) is 4.79 Å².